The maximum Gasteiger partial charge on any atom is 0.140 e. The quantitative estimate of drug-likeness (QED) is 0.898. The molecule has 1 aliphatic rings. The van der Waals surface area contributed by atoms with E-state index < -0.39 is 5.60 Å². The normalized spacial score (nSPS) is 24.7. The SMILES string of the molecule is O[C@@]1(CNc2ncc(Cl)cc2Br)CCSC1. The van der Waals surface area contributed by atoms with Crippen LogP contribution in [0.4, 0.5) is 5.82 Å². The van der Waals surface area contributed by atoms with E-state index in [4.69, 9.17) is 11.6 Å². The molecule has 0 aliphatic carbocycles. The second-order valence-corrected chi connectivity index (χ2v) is 6.26. The third-order valence-electron chi connectivity index (χ3n) is 2.48. The zero-order valence-corrected chi connectivity index (χ0v) is 11.7. The van der Waals surface area contributed by atoms with Gasteiger partial charge >= 0.3 is 0 Å². The summed E-state index contributed by atoms with van der Waals surface area (Å²) in [5.74, 6) is 2.52. The number of hydrogen-bond donors (Lipinski definition) is 2. The van der Waals surface area contributed by atoms with Crippen LogP contribution >= 0.6 is 39.3 Å². The van der Waals surface area contributed by atoms with Crippen molar-refractivity contribution in [2.24, 2.45) is 0 Å². The highest BCUT2D eigenvalue weighted by Crippen LogP contribution is 2.29. The first kappa shape index (κ1) is 12.5. The van der Waals surface area contributed by atoms with E-state index in [1.165, 1.54) is 0 Å². The first-order valence-corrected chi connectivity index (χ1v) is 7.27. The zero-order valence-electron chi connectivity index (χ0n) is 8.54. The van der Waals surface area contributed by atoms with E-state index in [0.717, 1.165) is 28.2 Å². The smallest absolute Gasteiger partial charge is 0.140 e. The van der Waals surface area contributed by atoms with Gasteiger partial charge in [-0.2, -0.15) is 11.8 Å². The minimum absolute atomic E-state index is 0.521. The molecule has 0 saturated carbocycles. The number of halogens is 2. The molecule has 0 unspecified atom stereocenters. The fourth-order valence-corrected chi connectivity index (χ4v) is 3.60. The van der Waals surface area contributed by atoms with E-state index in [2.05, 4.69) is 26.2 Å². The summed E-state index contributed by atoms with van der Waals surface area (Å²) in [5.41, 5.74) is -0.606. The minimum Gasteiger partial charge on any atom is -0.387 e. The van der Waals surface area contributed by atoms with E-state index in [1.807, 2.05) is 0 Å². The Morgan fingerprint density at radius 2 is 2.50 bits per heavy atom. The summed E-state index contributed by atoms with van der Waals surface area (Å²) in [6.07, 6.45) is 2.41. The fraction of sp³-hybridized carbons (Fsp3) is 0.500. The first-order valence-electron chi connectivity index (χ1n) is 4.94. The van der Waals surface area contributed by atoms with Gasteiger partial charge < -0.3 is 10.4 Å². The lowest BCUT2D eigenvalue weighted by molar-refractivity contribution is 0.0819. The van der Waals surface area contributed by atoms with Crippen LogP contribution in [0.2, 0.25) is 5.02 Å². The van der Waals surface area contributed by atoms with Crippen molar-refractivity contribution in [2.45, 2.75) is 12.0 Å². The van der Waals surface area contributed by atoms with E-state index in [1.54, 1.807) is 24.0 Å². The van der Waals surface area contributed by atoms with Gasteiger partial charge in [0.1, 0.15) is 5.82 Å². The van der Waals surface area contributed by atoms with Crippen molar-refractivity contribution in [3.8, 4) is 0 Å². The molecule has 3 nitrogen and oxygen atoms in total. The molecule has 1 saturated heterocycles. The highest BCUT2D eigenvalue weighted by molar-refractivity contribution is 9.10. The van der Waals surface area contributed by atoms with E-state index in [0.29, 0.717) is 11.6 Å². The van der Waals surface area contributed by atoms with Crippen molar-refractivity contribution < 1.29 is 5.11 Å². The van der Waals surface area contributed by atoms with Crippen molar-refractivity contribution in [1.82, 2.24) is 4.98 Å². The standard InChI is InChI=1S/C10H12BrClN2OS/c11-8-3-7(12)4-13-9(8)14-5-10(15)1-2-16-6-10/h3-4,15H,1-2,5-6H2,(H,13,14)/t10-/m1/s1. The molecule has 1 aliphatic heterocycles. The van der Waals surface area contributed by atoms with Crippen LogP contribution < -0.4 is 5.32 Å². The second kappa shape index (κ2) is 5.12. The highest BCUT2D eigenvalue weighted by Gasteiger charge is 2.31. The first-order chi connectivity index (χ1) is 7.59. The lowest BCUT2D eigenvalue weighted by Crippen LogP contribution is -2.36. The summed E-state index contributed by atoms with van der Waals surface area (Å²) in [4.78, 5) is 4.16. The Balaban J connectivity index is 1.99. The molecule has 1 atom stereocenters. The van der Waals surface area contributed by atoms with E-state index in [-0.39, 0.29) is 0 Å². The molecular weight excluding hydrogens is 312 g/mol. The summed E-state index contributed by atoms with van der Waals surface area (Å²) in [7, 11) is 0. The van der Waals surface area contributed by atoms with Crippen molar-refractivity contribution in [2.75, 3.05) is 23.4 Å². The van der Waals surface area contributed by atoms with Crippen LogP contribution in [0.25, 0.3) is 0 Å². The molecule has 0 spiro atoms. The molecule has 0 bridgehead atoms. The van der Waals surface area contributed by atoms with Crippen LogP contribution in [0.15, 0.2) is 16.7 Å². The predicted molar refractivity (Wildman–Crippen MR) is 72.3 cm³/mol. The Kier molecular flexibility index (Phi) is 4.00. The Hall–Kier alpha value is 0.0300. The molecule has 0 amide bonds. The van der Waals surface area contributed by atoms with Crippen LogP contribution in [-0.4, -0.2) is 33.7 Å². The highest BCUT2D eigenvalue weighted by atomic mass is 79.9. The van der Waals surface area contributed by atoms with Crippen molar-refractivity contribution in [1.29, 1.82) is 0 Å². The summed E-state index contributed by atoms with van der Waals surface area (Å²) in [6.45, 7) is 0.521. The number of aliphatic hydroxyl groups is 1. The van der Waals surface area contributed by atoms with Crippen molar-refractivity contribution >= 4 is 45.1 Å². The Morgan fingerprint density at radius 1 is 1.69 bits per heavy atom. The van der Waals surface area contributed by atoms with Gasteiger partial charge in [-0.1, -0.05) is 11.6 Å². The van der Waals surface area contributed by atoms with Gasteiger partial charge in [0, 0.05) is 18.5 Å². The van der Waals surface area contributed by atoms with Crippen molar-refractivity contribution in [3.63, 3.8) is 0 Å². The third-order valence-corrected chi connectivity index (χ3v) is 4.52. The predicted octanol–water partition coefficient (Wildman–Crippen LogP) is 2.78. The summed E-state index contributed by atoms with van der Waals surface area (Å²) < 4.78 is 0.814. The summed E-state index contributed by atoms with van der Waals surface area (Å²) >= 11 is 11.0. The number of nitrogens with one attached hydrogen (secondary N) is 1. The lowest BCUT2D eigenvalue weighted by Gasteiger charge is -2.22. The van der Waals surface area contributed by atoms with Crippen molar-refractivity contribution in [3.05, 3.63) is 21.8 Å². The average Bonchev–Trinajstić information content (AvgIpc) is 2.64. The summed E-state index contributed by atoms with van der Waals surface area (Å²) in [5, 5.41) is 13.9. The third kappa shape index (κ3) is 3.03. The zero-order chi connectivity index (χ0) is 11.6. The number of anilines is 1. The van der Waals surface area contributed by atoms with E-state index >= 15 is 0 Å². The molecule has 0 radical (unpaired) electrons. The molecule has 88 valence electrons. The Morgan fingerprint density at radius 3 is 3.12 bits per heavy atom. The number of pyridine rings is 1. The molecule has 6 heteroatoms. The molecular formula is C10H12BrClN2OS. The van der Waals surface area contributed by atoms with Crippen LogP contribution in [-0.2, 0) is 0 Å². The largest absolute Gasteiger partial charge is 0.387 e. The number of nitrogens with zero attached hydrogens (tertiary/aromatic N) is 1. The van der Waals surface area contributed by atoms with E-state index in [9.17, 15) is 5.11 Å². The molecule has 2 heterocycles. The maximum absolute atomic E-state index is 10.1. The Bertz CT molecular complexity index is 385. The maximum atomic E-state index is 10.1. The topological polar surface area (TPSA) is 45.1 Å². The number of hydrogen-bond acceptors (Lipinski definition) is 4. The van der Waals surface area contributed by atoms with Gasteiger partial charge in [0.15, 0.2) is 0 Å². The Labute approximate surface area is 112 Å². The molecule has 2 N–H and O–H groups in total. The van der Waals surface area contributed by atoms with Gasteiger partial charge in [0.2, 0.25) is 0 Å². The van der Waals surface area contributed by atoms with Gasteiger partial charge in [-0.05, 0) is 34.2 Å². The average molecular weight is 324 g/mol. The lowest BCUT2D eigenvalue weighted by atomic mass is 10.0. The van der Waals surface area contributed by atoms with Gasteiger partial charge in [0.25, 0.3) is 0 Å². The molecule has 0 aromatic carbocycles. The van der Waals surface area contributed by atoms with Gasteiger partial charge in [-0.3, -0.25) is 0 Å². The van der Waals surface area contributed by atoms with Gasteiger partial charge in [-0.25, -0.2) is 4.98 Å². The number of aromatic nitrogens is 1. The van der Waals surface area contributed by atoms with Gasteiger partial charge in [-0.15, -0.1) is 0 Å². The van der Waals surface area contributed by atoms with Crippen LogP contribution in [0.5, 0.6) is 0 Å². The molecule has 1 aromatic rings. The second-order valence-electron chi connectivity index (χ2n) is 3.86. The molecule has 1 fully saturated rings. The van der Waals surface area contributed by atoms with Crippen LogP contribution in [0.3, 0.4) is 0 Å². The van der Waals surface area contributed by atoms with Crippen LogP contribution in [0, 0.1) is 0 Å². The van der Waals surface area contributed by atoms with Gasteiger partial charge in [0.05, 0.1) is 15.1 Å². The molecule has 1 aromatic heterocycles. The monoisotopic (exact) mass is 322 g/mol. The fourth-order valence-electron chi connectivity index (χ4n) is 1.53. The minimum atomic E-state index is -0.606. The summed E-state index contributed by atoms with van der Waals surface area (Å²) in [6, 6.07) is 1.78. The number of rotatable bonds is 3. The number of thioether (sulfide) groups is 1. The van der Waals surface area contributed by atoms with Crippen LogP contribution in [0.1, 0.15) is 6.42 Å². The molecule has 2 rings (SSSR count). The molecule has 16 heavy (non-hydrogen) atoms.